The molecular formula is C80H137NO18. The van der Waals surface area contributed by atoms with E-state index in [0.29, 0.717) is 6.42 Å². The van der Waals surface area contributed by atoms with E-state index in [4.69, 9.17) is 28.4 Å². The molecule has 3 rings (SSSR count). The van der Waals surface area contributed by atoms with Crippen molar-refractivity contribution in [1.29, 1.82) is 0 Å². The lowest BCUT2D eigenvalue weighted by Crippen LogP contribution is -2.66. The number of carbonyl (C=O) groups is 1. The highest BCUT2D eigenvalue weighted by Crippen LogP contribution is 2.33. The first kappa shape index (κ1) is 89.7. The van der Waals surface area contributed by atoms with Crippen molar-refractivity contribution in [3.8, 4) is 0 Å². The largest absolute Gasteiger partial charge is 0.394 e. The summed E-state index contributed by atoms with van der Waals surface area (Å²) < 4.78 is 34.4. The topological polar surface area (TPSA) is 307 Å². The van der Waals surface area contributed by atoms with Gasteiger partial charge >= 0.3 is 0 Å². The number of aliphatic hydroxyl groups is 11. The van der Waals surface area contributed by atoms with Gasteiger partial charge in [-0.25, -0.2) is 0 Å². The van der Waals surface area contributed by atoms with Crippen LogP contribution in [0.1, 0.15) is 258 Å². The summed E-state index contributed by atoms with van der Waals surface area (Å²) in [7, 11) is 0. The quantitative estimate of drug-likeness (QED) is 0.0199. The minimum Gasteiger partial charge on any atom is -0.394 e. The Hall–Kier alpha value is -3.55. The third-order valence-electron chi connectivity index (χ3n) is 18.6. The fourth-order valence-electron chi connectivity index (χ4n) is 12.4. The van der Waals surface area contributed by atoms with Crippen LogP contribution >= 0.6 is 0 Å². The van der Waals surface area contributed by atoms with Crippen LogP contribution < -0.4 is 5.32 Å². The molecule has 3 aliphatic rings. The second-order valence-electron chi connectivity index (χ2n) is 27.1. The fraction of sp³-hybridized carbons (Fsp3) is 0.762. The van der Waals surface area contributed by atoms with Gasteiger partial charge in [0.15, 0.2) is 18.9 Å². The number of allylic oxidation sites excluding steroid dienone is 17. The molecule has 0 aliphatic carbocycles. The molecule has 99 heavy (non-hydrogen) atoms. The first-order chi connectivity index (χ1) is 48.3. The molecule has 17 atom stereocenters. The van der Waals surface area contributed by atoms with Gasteiger partial charge in [0.25, 0.3) is 0 Å². The molecule has 3 aliphatic heterocycles. The third-order valence-corrected chi connectivity index (χ3v) is 18.6. The van der Waals surface area contributed by atoms with Crippen LogP contribution in [0.2, 0.25) is 0 Å². The molecule has 0 aromatic carbocycles. The summed E-state index contributed by atoms with van der Waals surface area (Å²) in [5.74, 6) is -0.287. The molecule has 17 unspecified atom stereocenters. The zero-order valence-electron chi connectivity index (χ0n) is 60.7. The summed E-state index contributed by atoms with van der Waals surface area (Å²) in [6.45, 7) is 1.62. The molecule has 12 N–H and O–H groups in total. The fourth-order valence-corrected chi connectivity index (χ4v) is 12.4. The maximum Gasteiger partial charge on any atom is 0.220 e. The second kappa shape index (κ2) is 59.8. The van der Waals surface area contributed by atoms with E-state index in [2.05, 4.69) is 116 Å². The number of rotatable bonds is 59. The standard InChI is InChI=1S/C80H137NO18/c1-3-5-7-9-11-13-15-17-19-21-23-25-26-27-28-29-30-31-32-33-34-35-36-38-40-42-44-46-48-50-52-54-56-58-68(86)81-63(64(85)57-55-53-51-49-47-45-43-41-39-37-24-22-20-18-16-14-12-10-8-6-4-2)62-94-78-74(92)71(89)76(66(60-83)96-78)99-80-75(93)72(90)77(67(61-84)97-80)98-79-73(91)70(88)69(87)65(59-82)95-79/h5,7,11,13,17,19,23,25,27-28,30-31,33-34,36,38,55,57,63-67,69-80,82-85,87-93H,3-4,6,8-10,12,14-16,18,20-22,24,26,29,32,35,37,39-54,56,58-62H2,1-2H3,(H,81,86)/b7-5-,13-11-,19-17-,25-23-,28-27-,31-30-,34-33-,38-36-,57-55+. The summed E-state index contributed by atoms with van der Waals surface area (Å²) in [5, 5.41) is 121. The lowest BCUT2D eigenvalue weighted by atomic mass is 9.96. The summed E-state index contributed by atoms with van der Waals surface area (Å²) in [4.78, 5) is 13.5. The first-order valence-corrected chi connectivity index (χ1v) is 38.6. The van der Waals surface area contributed by atoms with E-state index < -0.39 is 124 Å². The number of nitrogens with one attached hydrogen (secondary N) is 1. The Bertz CT molecular complexity index is 2220. The van der Waals surface area contributed by atoms with E-state index in [-0.39, 0.29) is 18.9 Å². The van der Waals surface area contributed by atoms with Gasteiger partial charge in [-0.2, -0.15) is 0 Å². The SMILES string of the molecule is CC/C=C\C/C=C\C/C=C\C/C=C\C/C=C\C/C=C\C/C=C\C/C=C\CCCCCCCCCCC(=O)NC(COC1OC(CO)C(OC2OC(CO)C(OC3OC(CO)C(O)C(O)C3O)C(O)C2O)C(O)C1O)C(O)/C=C/CCCCCCCCCCCCCCCCCCCCC. The Morgan fingerprint density at radius 3 is 1.09 bits per heavy atom. The lowest BCUT2D eigenvalue weighted by Gasteiger charge is -2.48. The van der Waals surface area contributed by atoms with Crippen molar-refractivity contribution >= 4 is 5.91 Å². The van der Waals surface area contributed by atoms with E-state index in [9.17, 15) is 61.0 Å². The van der Waals surface area contributed by atoms with Gasteiger partial charge in [0, 0.05) is 6.42 Å². The number of amides is 1. The molecule has 3 heterocycles. The van der Waals surface area contributed by atoms with Gasteiger partial charge in [-0.3, -0.25) is 4.79 Å². The predicted molar refractivity (Wildman–Crippen MR) is 392 cm³/mol. The van der Waals surface area contributed by atoms with Gasteiger partial charge in [-0.15, -0.1) is 0 Å². The third kappa shape index (κ3) is 40.3. The minimum atomic E-state index is -1.98. The molecule has 3 saturated heterocycles. The van der Waals surface area contributed by atoms with Crippen LogP contribution in [0.5, 0.6) is 0 Å². The number of aliphatic hydroxyl groups excluding tert-OH is 11. The molecule has 0 aromatic rings. The number of unbranched alkanes of at least 4 members (excludes halogenated alkanes) is 27. The van der Waals surface area contributed by atoms with Crippen molar-refractivity contribution in [1.82, 2.24) is 5.32 Å². The Morgan fingerprint density at radius 1 is 0.374 bits per heavy atom. The Labute approximate surface area is 595 Å². The Morgan fingerprint density at radius 2 is 0.697 bits per heavy atom. The molecule has 0 radical (unpaired) electrons. The van der Waals surface area contributed by atoms with E-state index in [1.165, 1.54) is 116 Å². The molecule has 0 aromatic heterocycles. The van der Waals surface area contributed by atoms with E-state index in [0.717, 1.165) is 116 Å². The van der Waals surface area contributed by atoms with Crippen LogP contribution in [-0.2, 0) is 33.2 Å². The van der Waals surface area contributed by atoms with Crippen LogP contribution in [0.15, 0.2) is 109 Å². The van der Waals surface area contributed by atoms with E-state index in [1.54, 1.807) is 6.08 Å². The van der Waals surface area contributed by atoms with Gasteiger partial charge in [-0.1, -0.05) is 277 Å². The molecule has 570 valence electrons. The van der Waals surface area contributed by atoms with Crippen LogP contribution in [0.25, 0.3) is 0 Å². The molecule has 0 bridgehead atoms. The van der Waals surface area contributed by atoms with E-state index in [1.807, 2.05) is 6.08 Å². The van der Waals surface area contributed by atoms with Crippen LogP contribution in [0, 0.1) is 0 Å². The maximum atomic E-state index is 13.5. The molecule has 1 amide bonds. The van der Waals surface area contributed by atoms with Crippen molar-refractivity contribution in [2.75, 3.05) is 26.4 Å². The number of hydrogen-bond donors (Lipinski definition) is 12. The predicted octanol–water partition coefficient (Wildman–Crippen LogP) is 12.2. The Kier molecular flexibility index (Phi) is 54.2. The zero-order valence-corrected chi connectivity index (χ0v) is 60.7. The summed E-state index contributed by atoms with van der Waals surface area (Å²) >= 11 is 0. The number of ether oxygens (including phenoxy) is 6. The average Bonchev–Trinajstić information content (AvgIpc) is 0.761. The molecule has 19 heteroatoms. The van der Waals surface area contributed by atoms with Gasteiger partial charge in [0.05, 0.1) is 38.6 Å². The second-order valence-corrected chi connectivity index (χ2v) is 27.1. The van der Waals surface area contributed by atoms with Crippen LogP contribution in [0.3, 0.4) is 0 Å². The van der Waals surface area contributed by atoms with Crippen molar-refractivity contribution in [3.63, 3.8) is 0 Å². The van der Waals surface area contributed by atoms with Crippen molar-refractivity contribution in [2.24, 2.45) is 0 Å². The summed E-state index contributed by atoms with van der Waals surface area (Å²) in [5.41, 5.74) is 0. The van der Waals surface area contributed by atoms with E-state index >= 15 is 0 Å². The summed E-state index contributed by atoms with van der Waals surface area (Å²) in [6.07, 6.45) is 54.8. The van der Waals surface area contributed by atoms with Crippen LogP contribution in [0.4, 0.5) is 0 Å². The molecule has 3 fully saturated rings. The highest BCUT2D eigenvalue weighted by atomic mass is 16.8. The van der Waals surface area contributed by atoms with Crippen molar-refractivity contribution in [3.05, 3.63) is 109 Å². The monoisotopic (exact) mass is 1400 g/mol. The lowest BCUT2D eigenvalue weighted by molar-refractivity contribution is -0.379. The van der Waals surface area contributed by atoms with Gasteiger partial charge < -0.3 is 89.9 Å². The zero-order chi connectivity index (χ0) is 71.8. The minimum absolute atomic E-state index is 0.227. The first-order valence-electron chi connectivity index (χ1n) is 38.6. The average molecular weight is 1400 g/mol. The highest BCUT2D eigenvalue weighted by molar-refractivity contribution is 5.76. The van der Waals surface area contributed by atoms with Crippen molar-refractivity contribution < 1.29 is 89.4 Å². The normalized spacial score (nSPS) is 27.2. The van der Waals surface area contributed by atoms with Gasteiger partial charge in [0.2, 0.25) is 5.91 Å². The van der Waals surface area contributed by atoms with Crippen LogP contribution in [-0.4, -0.2) is 193 Å². The van der Waals surface area contributed by atoms with Gasteiger partial charge in [0.1, 0.15) is 73.2 Å². The smallest absolute Gasteiger partial charge is 0.220 e. The number of hydrogen-bond acceptors (Lipinski definition) is 18. The molecular weight excluding hydrogens is 1260 g/mol. The van der Waals surface area contributed by atoms with Gasteiger partial charge in [-0.05, 0) is 83.5 Å². The maximum absolute atomic E-state index is 13.5. The molecule has 0 saturated carbocycles. The Balaban J connectivity index is 1.40. The molecule has 19 nitrogen and oxygen atoms in total. The highest BCUT2D eigenvalue weighted by Gasteiger charge is 2.53. The molecule has 0 spiro atoms. The number of carbonyl (C=O) groups excluding carboxylic acids is 1. The summed E-state index contributed by atoms with van der Waals surface area (Å²) in [6, 6.07) is -0.987. The van der Waals surface area contributed by atoms with Crippen molar-refractivity contribution in [2.45, 2.75) is 362 Å².